The Balaban J connectivity index is 1.62. The highest BCUT2D eigenvalue weighted by Crippen LogP contribution is 2.46. The molecule has 5 rings (SSSR count). The lowest BCUT2D eigenvalue weighted by atomic mass is 9.85. The predicted molar refractivity (Wildman–Crippen MR) is 131 cm³/mol. The average Bonchev–Trinajstić information content (AvgIpc) is 3.31. The van der Waals surface area contributed by atoms with Gasteiger partial charge in [0.25, 0.3) is 6.43 Å². The summed E-state index contributed by atoms with van der Waals surface area (Å²) in [6.07, 6.45) is -2.04. The van der Waals surface area contributed by atoms with Gasteiger partial charge < -0.3 is 15.2 Å². The maximum absolute atomic E-state index is 14.8. The normalized spacial score (nSPS) is 24.5. The average molecular weight is 521 g/mol. The van der Waals surface area contributed by atoms with E-state index in [0.29, 0.717) is 46.9 Å². The number of rotatable bonds is 5. The van der Waals surface area contributed by atoms with Crippen LogP contribution in [-0.4, -0.2) is 37.4 Å². The van der Waals surface area contributed by atoms with Gasteiger partial charge in [-0.05, 0) is 32.8 Å². The number of aryl methyl sites for hydroxylation is 1. The molecule has 0 radical (unpaired) electrons. The monoisotopic (exact) mass is 520 g/mol. The van der Waals surface area contributed by atoms with Crippen LogP contribution in [0.1, 0.15) is 60.3 Å². The molecular weight excluding hydrogens is 493 g/mol. The molecule has 0 bridgehead atoms. The number of nitrogens with zero attached hydrogens (tertiary/aromatic N) is 2. The number of hydrogen-bond donors (Lipinski definition) is 3. The van der Waals surface area contributed by atoms with Crippen LogP contribution < -0.4 is 10.1 Å². The SMILES string of the molecule is Cc1nc(N[C@H](C)c2cccc(C(F)F)c2F)c2cc(C3(O)CCS(=N)(=O)CC3)c3c(c2n1)CCO3. The molecule has 1 saturated heterocycles. The summed E-state index contributed by atoms with van der Waals surface area (Å²) in [6.45, 7) is 3.80. The number of nitrogens with one attached hydrogen (secondary N) is 2. The second kappa shape index (κ2) is 8.88. The molecular formula is C25H27F3N4O3S. The van der Waals surface area contributed by atoms with Crippen molar-refractivity contribution in [2.75, 3.05) is 23.4 Å². The molecule has 7 nitrogen and oxygen atoms in total. The fraction of sp³-hybridized carbons (Fsp3) is 0.440. The number of ether oxygens (including phenoxy) is 1. The van der Waals surface area contributed by atoms with Crippen molar-refractivity contribution in [1.29, 1.82) is 4.78 Å². The Bertz CT molecular complexity index is 1450. The minimum absolute atomic E-state index is 0.0815. The van der Waals surface area contributed by atoms with E-state index in [-0.39, 0.29) is 29.9 Å². The summed E-state index contributed by atoms with van der Waals surface area (Å²) in [5.41, 5.74) is 0.0898. The Morgan fingerprint density at radius 3 is 2.61 bits per heavy atom. The van der Waals surface area contributed by atoms with Crippen molar-refractivity contribution in [2.45, 2.75) is 51.2 Å². The van der Waals surface area contributed by atoms with Crippen molar-refractivity contribution in [3.63, 3.8) is 0 Å². The number of benzene rings is 2. The minimum atomic E-state index is -2.93. The van der Waals surface area contributed by atoms with Crippen LogP contribution in [-0.2, 0) is 21.8 Å². The zero-order valence-corrected chi connectivity index (χ0v) is 20.7. The summed E-state index contributed by atoms with van der Waals surface area (Å²) in [5.74, 6) is 0.604. The van der Waals surface area contributed by atoms with Gasteiger partial charge in [-0.2, -0.15) is 0 Å². The van der Waals surface area contributed by atoms with Gasteiger partial charge in [0.1, 0.15) is 23.2 Å². The maximum Gasteiger partial charge on any atom is 0.266 e. The quantitative estimate of drug-likeness (QED) is 0.429. The van der Waals surface area contributed by atoms with Crippen LogP contribution in [0.2, 0.25) is 0 Å². The number of aliphatic hydroxyl groups is 1. The van der Waals surface area contributed by atoms with E-state index in [4.69, 9.17) is 9.52 Å². The largest absolute Gasteiger partial charge is 0.492 e. The van der Waals surface area contributed by atoms with Crippen molar-refractivity contribution < 1.29 is 27.2 Å². The second-order valence-electron chi connectivity index (χ2n) is 9.51. The minimum Gasteiger partial charge on any atom is -0.492 e. The fourth-order valence-electron chi connectivity index (χ4n) is 5.05. The van der Waals surface area contributed by atoms with Gasteiger partial charge in [0.15, 0.2) is 0 Å². The Kier molecular flexibility index (Phi) is 6.11. The number of fused-ring (bicyclic) bond motifs is 3. The molecule has 2 aliphatic rings. The molecule has 0 spiro atoms. The van der Waals surface area contributed by atoms with Gasteiger partial charge in [-0.1, -0.05) is 18.2 Å². The van der Waals surface area contributed by atoms with Gasteiger partial charge in [0, 0.05) is 49.7 Å². The van der Waals surface area contributed by atoms with Crippen LogP contribution in [0.5, 0.6) is 5.75 Å². The summed E-state index contributed by atoms with van der Waals surface area (Å²) >= 11 is 0. The molecule has 0 aliphatic carbocycles. The van der Waals surface area contributed by atoms with Crippen LogP contribution in [0.3, 0.4) is 0 Å². The lowest BCUT2D eigenvalue weighted by Crippen LogP contribution is -2.36. The molecule has 3 heterocycles. The Morgan fingerprint density at radius 2 is 1.92 bits per heavy atom. The molecule has 2 aromatic carbocycles. The topological polar surface area (TPSA) is 108 Å². The molecule has 0 unspecified atom stereocenters. The van der Waals surface area contributed by atoms with Crippen molar-refractivity contribution in [3.8, 4) is 5.75 Å². The summed E-state index contributed by atoms with van der Waals surface area (Å²) in [7, 11) is -2.72. The van der Waals surface area contributed by atoms with Crippen LogP contribution in [0.15, 0.2) is 24.3 Å². The molecule has 0 amide bonds. The van der Waals surface area contributed by atoms with Crippen LogP contribution in [0.4, 0.5) is 19.0 Å². The molecule has 1 aromatic heterocycles. The van der Waals surface area contributed by atoms with Gasteiger partial charge in [0.05, 0.1) is 29.3 Å². The highest BCUT2D eigenvalue weighted by Gasteiger charge is 2.40. The van der Waals surface area contributed by atoms with Gasteiger partial charge in [-0.15, -0.1) is 0 Å². The van der Waals surface area contributed by atoms with Crippen LogP contribution in [0.25, 0.3) is 10.9 Å². The molecule has 192 valence electrons. The Morgan fingerprint density at radius 1 is 1.22 bits per heavy atom. The van der Waals surface area contributed by atoms with Gasteiger partial charge in [0.2, 0.25) is 0 Å². The molecule has 0 saturated carbocycles. The van der Waals surface area contributed by atoms with E-state index < -0.39 is 39.2 Å². The fourth-order valence-corrected chi connectivity index (χ4v) is 6.59. The number of anilines is 1. The van der Waals surface area contributed by atoms with E-state index in [2.05, 4.69) is 15.3 Å². The van der Waals surface area contributed by atoms with E-state index in [0.717, 1.165) is 11.6 Å². The third-order valence-corrected chi connectivity index (χ3v) is 8.78. The van der Waals surface area contributed by atoms with Crippen molar-refractivity contribution in [3.05, 3.63) is 58.2 Å². The van der Waals surface area contributed by atoms with E-state index in [1.807, 2.05) is 0 Å². The van der Waals surface area contributed by atoms with Crippen molar-refractivity contribution in [2.24, 2.45) is 0 Å². The Hall–Kier alpha value is -2.92. The van der Waals surface area contributed by atoms with Gasteiger partial charge in [-0.3, -0.25) is 4.78 Å². The zero-order chi connectivity index (χ0) is 25.8. The van der Waals surface area contributed by atoms with Crippen LogP contribution >= 0.6 is 0 Å². The van der Waals surface area contributed by atoms with Gasteiger partial charge >= 0.3 is 0 Å². The lowest BCUT2D eigenvalue weighted by Gasteiger charge is -2.34. The first kappa shape index (κ1) is 24.8. The summed E-state index contributed by atoms with van der Waals surface area (Å²) < 4.78 is 67.4. The third kappa shape index (κ3) is 4.28. The van der Waals surface area contributed by atoms with E-state index >= 15 is 0 Å². The molecule has 11 heteroatoms. The van der Waals surface area contributed by atoms with Crippen molar-refractivity contribution >= 4 is 26.4 Å². The molecule has 36 heavy (non-hydrogen) atoms. The number of halogens is 3. The Labute approximate surface area is 207 Å². The van der Waals surface area contributed by atoms with Gasteiger partial charge in [-0.25, -0.2) is 27.3 Å². The molecule has 2 aliphatic heterocycles. The molecule has 3 N–H and O–H groups in total. The number of aromatic nitrogens is 2. The highest BCUT2D eigenvalue weighted by molar-refractivity contribution is 7.92. The smallest absolute Gasteiger partial charge is 0.266 e. The molecule has 3 aromatic rings. The van der Waals surface area contributed by atoms with E-state index in [1.165, 1.54) is 12.1 Å². The first-order valence-corrected chi connectivity index (χ1v) is 13.7. The maximum atomic E-state index is 14.8. The van der Waals surface area contributed by atoms with E-state index in [9.17, 15) is 22.5 Å². The van der Waals surface area contributed by atoms with Crippen LogP contribution in [0, 0.1) is 17.5 Å². The standard InChI is InChI=1S/C25H27F3N4O3S/c1-13(15-4-3-5-16(20(15)26)23(27)28)30-24-18-12-19(25(33)7-10-36(29,34)11-8-25)22-17(6-9-35-22)21(18)31-14(2)32-24/h3-5,12-13,23,29,33H,6-11H2,1-2H3,(H,30,31,32)/t13-,25?,36?/m1/s1. The summed E-state index contributed by atoms with van der Waals surface area (Å²) in [6, 6.07) is 4.97. The zero-order valence-electron chi connectivity index (χ0n) is 19.9. The third-order valence-electron chi connectivity index (χ3n) is 7.05. The summed E-state index contributed by atoms with van der Waals surface area (Å²) in [4.78, 5) is 9.13. The molecule has 1 fully saturated rings. The first-order valence-electron chi connectivity index (χ1n) is 11.8. The number of alkyl halides is 2. The lowest BCUT2D eigenvalue weighted by molar-refractivity contribution is 0.0246. The predicted octanol–water partition coefficient (Wildman–Crippen LogP) is 5.15. The number of hydrogen-bond acceptors (Lipinski definition) is 7. The van der Waals surface area contributed by atoms with Crippen molar-refractivity contribution in [1.82, 2.24) is 9.97 Å². The van der Waals surface area contributed by atoms with E-state index in [1.54, 1.807) is 19.9 Å². The summed E-state index contributed by atoms with van der Waals surface area (Å²) in [5, 5.41) is 15.3. The first-order chi connectivity index (χ1) is 17.0. The highest BCUT2D eigenvalue weighted by atomic mass is 32.2. The molecule has 1 atom stereocenters. The second-order valence-corrected chi connectivity index (χ2v) is 12.0.